The quantitative estimate of drug-likeness (QED) is 0.439. The van der Waals surface area contributed by atoms with E-state index in [1.165, 1.54) is 5.56 Å². The molecule has 0 aromatic heterocycles. The molecule has 2 N–H and O–H groups in total. The molecule has 1 aliphatic carbocycles. The third-order valence-electron chi connectivity index (χ3n) is 6.63. The molecule has 3 aromatic carbocycles. The molecule has 0 fully saturated rings. The van der Waals surface area contributed by atoms with Crippen molar-refractivity contribution in [1.82, 2.24) is 0 Å². The molecule has 0 saturated carbocycles. The van der Waals surface area contributed by atoms with Crippen molar-refractivity contribution in [2.45, 2.75) is 39.5 Å². The maximum Gasteiger partial charge on any atom is 0.123 e. The molecule has 2 nitrogen and oxygen atoms in total. The first-order chi connectivity index (χ1) is 15.3. The summed E-state index contributed by atoms with van der Waals surface area (Å²) in [7, 11) is 0. The minimum Gasteiger partial charge on any atom is -0.507 e. The van der Waals surface area contributed by atoms with Crippen molar-refractivity contribution in [1.29, 1.82) is 0 Å². The van der Waals surface area contributed by atoms with Gasteiger partial charge in [-0.25, -0.2) is 0 Å². The van der Waals surface area contributed by atoms with Crippen LogP contribution < -0.4 is 5.32 Å². The Morgan fingerprint density at radius 2 is 1.62 bits per heavy atom. The van der Waals surface area contributed by atoms with E-state index < -0.39 is 0 Å². The molecule has 0 heterocycles. The lowest BCUT2D eigenvalue weighted by molar-refractivity contribution is 0.467. The Morgan fingerprint density at radius 3 is 2.22 bits per heavy atom. The zero-order valence-electron chi connectivity index (χ0n) is 19.2. The summed E-state index contributed by atoms with van der Waals surface area (Å²) in [6, 6.07) is 18.9. The molecule has 0 radical (unpaired) electrons. The first-order valence-electron chi connectivity index (χ1n) is 11.0. The van der Waals surface area contributed by atoms with Gasteiger partial charge in [0.25, 0.3) is 0 Å². The maximum atomic E-state index is 10.6. The molecule has 1 aliphatic rings. The Morgan fingerprint density at radius 1 is 0.938 bits per heavy atom. The SMILES string of the molecule is C#Cc1c(C)c(O)c(C)c(-c2ccc(NC3=CCC(C)(c4ccccc4)C=C3)cc2)c1C. The molecule has 32 heavy (non-hydrogen) atoms. The van der Waals surface area contributed by atoms with Crippen LogP contribution in [0.5, 0.6) is 5.75 Å². The average molecular weight is 420 g/mol. The van der Waals surface area contributed by atoms with E-state index in [0.29, 0.717) is 0 Å². The number of phenolic OH excluding ortho intramolecular Hbond substituents is 1. The Kier molecular flexibility index (Phi) is 5.68. The number of anilines is 1. The fourth-order valence-corrected chi connectivity index (χ4v) is 4.60. The molecule has 160 valence electrons. The smallest absolute Gasteiger partial charge is 0.123 e. The van der Waals surface area contributed by atoms with Crippen molar-refractivity contribution in [2.75, 3.05) is 5.32 Å². The second-order valence-electron chi connectivity index (χ2n) is 8.80. The van der Waals surface area contributed by atoms with Crippen LogP contribution in [0.25, 0.3) is 11.1 Å². The van der Waals surface area contributed by atoms with Gasteiger partial charge in [0, 0.05) is 27.9 Å². The van der Waals surface area contributed by atoms with E-state index >= 15 is 0 Å². The summed E-state index contributed by atoms with van der Waals surface area (Å²) in [5.74, 6) is 3.02. The van der Waals surface area contributed by atoms with Crippen molar-refractivity contribution < 1.29 is 5.11 Å². The molecular formula is C30H29NO. The zero-order valence-corrected chi connectivity index (χ0v) is 19.2. The lowest BCUT2D eigenvalue weighted by Crippen LogP contribution is -2.21. The Balaban J connectivity index is 1.55. The second kappa shape index (κ2) is 8.44. The molecule has 0 amide bonds. The third-order valence-corrected chi connectivity index (χ3v) is 6.63. The van der Waals surface area contributed by atoms with Crippen LogP contribution in [0.15, 0.2) is 78.5 Å². The standard InChI is InChI=1S/C30H29NO/c1-6-27-20(2)28(22(4)29(32)21(27)3)23-12-14-25(15-13-23)31-26-16-18-30(5,19-17-26)24-10-8-7-9-11-24/h1,7-18,31-32H,19H2,2-5H3. The molecule has 0 saturated heterocycles. The van der Waals surface area contributed by atoms with Gasteiger partial charge >= 0.3 is 0 Å². The van der Waals surface area contributed by atoms with E-state index in [2.05, 4.69) is 91.0 Å². The summed E-state index contributed by atoms with van der Waals surface area (Å²) in [5.41, 5.74) is 8.94. The molecule has 3 aromatic rings. The van der Waals surface area contributed by atoms with Crippen molar-refractivity contribution in [3.63, 3.8) is 0 Å². The van der Waals surface area contributed by atoms with Crippen molar-refractivity contribution >= 4 is 5.69 Å². The summed E-state index contributed by atoms with van der Waals surface area (Å²) in [6.07, 6.45) is 13.4. The van der Waals surface area contributed by atoms with Crippen LogP contribution in [-0.4, -0.2) is 5.11 Å². The zero-order chi connectivity index (χ0) is 22.9. The summed E-state index contributed by atoms with van der Waals surface area (Å²) < 4.78 is 0. The molecule has 4 rings (SSSR count). The van der Waals surface area contributed by atoms with Gasteiger partial charge in [-0.05, 0) is 73.2 Å². The Hall–Kier alpha value is -3.70. The van der Waals surface area contributed by atoms with Gasteiger partial charge in [0.1, 0.15) is 5.75 Å². The second-order valence-corrected chi connectivity index (χ2v) is 8.80. The van der Waals surface area contributed by atoms with E-state index in [9.17, 15) is 5.11 Å². The largest absolute Gasteiger partial charge is 0.507 e. The van der Waals surface area contributed by atoms with Crippen LogP contribution in [0.2, 0.25) is 0 Å². The lowest BCUT2D eigenvalue weighted by Gasteiger charge is -2.29. The first kappa shape index (κ1) is 21.5. The number of aromatic hydroxyl groups is 1. The van der Waals surface area contributed by atoms with Crippen molar-refractivity contribution in [3.05, 3.63) is 106 Å². The Bertz CT molecular complexity index is 1260. The summed E-state index contributed by atoms with van der Waals surface area (Å²) in [6.45, 7) is 8.11. The van der Waals surface area contributed by atoms with Crippen LogP contribution in [0.3, 0.4) is 0 Å². The molecule has 0 aliphatic heterocycles. The van der Waals surface area contributed by atoms with Crippen LogP contribution in [-0.2, 0) is 5.41 Å². The number of nitrogens with one attached hydrogen (secondary N) is 1. The van der Waals surface area contributed by atoms with Gasteiger partial charge in [-0.1, -0.05) is 67.5 Å². The number of benzene rings is 3. The number of terminal acetylenes is 1. The highest BCUT2D eigenvalue weighted by Gasteiger charge is 2.24. The molecule has 1 atom stereocenters. The van der Waals surface area contributed by atoms with Gasteiger partial charge in [-0.15, -0.1) is 6.42 Å². The predicted octanol–water partition coefficient (Wildman–Crippen LogP) is 7.18. The van der Waals surface area contributed by atoms with Gasteiger partial charge in [0.15, 0.2) is 0 Å². The van der Waals surface area contributed by atoms with Crippen LogP contribution >= 0.6 is 0 Å². The highest BCUT2D eigenvalue weighted by atomic mass is 16.3. The normalized spacial score (nSPS) is 17.5. The highest BCUT2D eigenvalue weighted by molar-refractivity contribution is 5.78. The molecule has 2 heteroatoms. The van der Waals surface area contributed by atoms with Gasteiger partial charge in [-0.2, -0.15) is 0 Å². The van der Waals surface area contributed by atoms with Crippen LogP contribution in [0.4, 0.5) is 5.69 Å². The van der Waals surface area contributed by atoms with E-state index in [0.717, 1.165) is 51.2 Å². The summed E-state index contributed by atoms with van der Waals surface area (Å²) >= 11 is 0. The van der Waals surface area contributed by atoms with Crippen molar-refractivity contribution in [2.24, 2.45) is 0 Å². The average Bonchev–Trinajstić information content (AvgIpc) is 2.81. The maximum absolute atomic E-state index is 10.6. The van der Waals surface area contributed by atoms with Crippen LogP contribution in [0.1, 0.15) is 41.2 Å². The molecule has 0 bridgehead atoms. The monoisotopic (exact) mass is 419 g/mol. The summed E-state index contributed by atoms with van der Waals surface area (Å²) in [5, 5.41) is 14.1. The van der Waals surface area contributed by atoms with E-state index in [4.69, 9.17) is 6.42 Å². The molecule has 1 unspecified atom stereocenters. The predicted molar refractivity (Wildman–Crippen MR) is 135 cm³/mol. The summed E-state index contributed by atoms with van der Waals surface area (Å²) in [4.78, 5) is 0. The fraction of sp³-hybridized carbons (Fsp3) is 0.200. The molecular weight excluding hydrogens is 390 g/mol. The third kappa shape index (κ3) is 3.83. The number of hydrogen-bond donors (Lipinski definition) is 2. The number of hydrogen-bond acceptors (Lipinski definition) is 2. The van der Waals surface area contributed by atoms with Crippen LogP contribution in [0, 0.1) is 33.1 Å². The first-order valence-corrected chi connectivity index (χ1v) is 11.0. The van der Waals surface area contributed by atoms with Gasteiger partial charge in [0.05, 0.1) is 0 Å². The van der Waals surface area contributed by atoms with Gasteiger partial charge in [0.2, 0.25) is 0 Å². The minimum absolute atomic E-state index is 0.0214. The van der Waals surface area contributed by atoms with E-state index in [1.807, 2.05) is 20.8 Å². The van der Waals surface area contributed by atoms with E-state index in [1.54, 1.807) is 0 Å². The van der Waals surface area contributed by atoms with Gasteiger partial charge in [-0.3, -0.25) is 0 Å². The minimum atomic E-state index is 0.0214. The van der Waals surface area contributed by atoms with Gasteiger partial charge < -0.3 is 10.4 Å². The lowest BCUT2D eigenvalue weighted by atomic mass is 9.77. The fourth-order valence-electron chi connectivity index (χ4n) is 4.60. The number of rotatable bonds is 4. The number of phenols is 1. The highest BCUT2D eigenvalue weighted by Crippen LogP contribution is 2.38. The topological polar surface area (TPSA) is 32.3 Å². The van der Waals surface area contributed by atoms with E-state index in [-0.39, 0.29) is 11.2 Å². The molecule has 0 spiro atoms. The van der Waals surface area contributed by atoms with Crippen molar-refractivity contribution in [3.8, 4) is 29.2 Å². The number of allylic oxidation sites excluding steroid dienone is 3. The Labute approximate surface area is 191 Å².